The fourth-order valence-electron chi connectivity index (χ4n) is 4.24. The minimum absolute atomic E-state index is 0.0446. The van der Waals surface area contributed by atoms with Crippen LogP contribution in [0.4, 0.5) is 11.4 Å². The third kappa shape index (κ3) is 2.56. The van der Waals surface area contributed by atoms with Crippen molar-refractivity contribution in [2.24, 2.45) is 17.8 Å². The van der Waals surface area contributed by atoms with Crippen molar-refractivity contribution in [1.29, 1.82) is 0 Å². The van der Waals surface area contributed by atoms with E-state index in [2.05, 4.69) is 10.6 Å². The van der Waals surface area contributed by atoms with Crippen LogP contribution in [0, 0.1) is 17.8 Å². The van der Waals surface area contributed by atoms with Gasteiger partial charge in [-0.05, 0) is 55.2 Å². The summed E-state index contributed by atoms with van der Waals surface area (Å²) >= 11 is 0. The van der Waals surface area contributed by atoms with E-state index < -0.39 is 0 Å². The third-order valence-electron chi connectivity index (χ3n) is 5.23. The second-order valence-electron chi connectivity index (χ2n) is 6.74. The largest absolute Gasteiger partial charge is 0.482 e. The van der Waals surface area contributed by atoms with E-state index in [9.17, 15) is 9.59 Å². The van der Waals surface area contributed by atoms with Crippen LogP contribution in [0.3, 0.4) is 0 Å². The van der Waals surface area contributed by atoms with Crippen LogP contribution in [0.15, 0.2) is 18.2 Å². The summed E-state index contributed by atoms with van der Waals surface area (Å²) in [6.07, 6.45) is 5.80. The summed E-state index contributed by atoms with van der Waals surface area (Å²) in [4.78, 5) is 23.6. The Bertz CT molecular complexity index is 628. The van der Waals surface area contributed by atoms with Crippen LogP contribution >= 0.6 is 0 Å². The van der Waals surface area contributed by atoms with Gasteiger partial charge in [-0.15, -0.1) is 0 Å². The fourth-order valence-corrected chi connectivity index (χ4v) is 4.24. The Morgan fingerprint density at radius 3 is 3.00 bits per heavy atom. The van der Waals surface area contributed by atoms with Crippen LogP contribution < -0.4 is 15.4 Å². The van der Waals surface area contributed by atoms with Crippen molar-refractivity contribution in [3.63, 3.8) is 0 Å². The highest BCUT2D eigenvalue weighted by Gasteiger charge is 2.40. The van der Waals surface area contributed by atoms with E-state index >= 15 is 0 Å². The van der Waals surface area contributed by atoms with E-state index in [0.29, 0.717) is 29.5 Å². The molecular formula is C17H20N2O3. The van der Waals surface area contributed by atoms with Crippen LogP contribution in [0.5, 0.6) is 5.75 Å². The number of fused-ring (bicyclic) bond motifs is 3. The van der Waals surface area contributed by atoms with E-state index in [1.807, 2.05) is 6.07 Å². The summed E-state index contributed by atoms with van der Waals surface area (Å²) < 4.78 is 5.31. The molecule has 2 N–H and O–H groups in total. The lowest BCUT2D eigenvalue weighted by atomic mass is 9.86. The summed E-state index contributed by atoms with van der Waals surface area (Å²) in [7, 11) is 0. The maximum Gasteiger partial charge on any atom is 0.262 e. The molecule has 2 bridgehead atoms. The van der Waals surface area contributed by atoms with Crippen molar-refractivity contribution in [2.75, 3.05) is 17.2 Å². The third-order valence-corrected chi connectivity index (χ3v) is 5.23. The van der Waals surface area contributed by atoms with Crippen molar-refractivity contribution < 1.29 is 14.3 Å². The fraction of sp³-hybridized carbons (Fsp3) is 0.529. The monoisotopic (exact) mass is 300 g/mol. The molecule has 1 aliphatic heterocycles. The molecule has 116 valence electrons. The second kappa shape index (κ2) is 5.30. The molecule has 0 radical (unpaired) electrons. The molecule has 2 amide bonds. The predicted molar refractivity (Wildman–Crippen MR) is 82.8 cm³/mol. The van der Waals surface area contributed by atoms with Gasteiger partial charge < -0.3 is 15.4 Å². The van der Waals surface area contributed by atoms with Gasteiger partial charge in [0, 0.05) is 12.1 Å². The first-order valence-corrected chi connectivity index (χ1v) is 8.04. The van der Waals surface area contributed by atoms with Gasteiger partial charge in [0.25, 0.3) is 5.91 Å². The van der Waals surface area contributed by atoms with Crippen LogP contribution in [0.2, 0.25) is 0 Å². The Hall–Kier alpha value is -2.04. The highest BCUT2D eigenvalue weighted by molar-refractivity contribution is 5.97. The first-order valence-electron chi connectivity index (χ1n) is 8.04. The van der Waals surface area contributed by atoms with Gasteiger partial charge in [-0.3, -0.25) is 9.59 Å². The van der Waals surface area contributed by atoms with E-state index in [0.717, 1.165) is 11.8 Å². The Balaban J connectivity index is 1.39. The van der Waals surface area contributed by atoms with E-state index in [-0.39, 0.29) is 18.4 Å². The molecule has 5 heteroatoms. The van der Waals surface area contributed by atoms with Gasteiger partial charge >= 0.3 is 0 Å². The number of amides is 2. The Morgan fingerprint density at radius 2 is 2.23 bits per heavy atom. The summed E-state index contributed by atoms with van der Waals surface area (Å²) in [5, 5.41) is 5.70. The quantitative estimate of drug-likeness (QED) is 0.902. The maximum absolute atomic E-state index is 12.2. The van der Waals surface area contributed by atoms with E-state index in [1.54, 1.807) is 12.1 Å². The molecule has 0 aromatic heterocycles. The number of carbonyl (C=O) groups is 2. The molecule has 2 aliphatic carbocycles. The number of hydrogen-bond acceptors (Lipinski definition) is 3. The average molecular weight is 300 g/mol. The molecule has 2 saturated carbocycles. The van der Waals surface area contributed by atoms with E-state index in [4.69, 9.17) is 4.74 Å². The second-order valence-corrected chi connectivity index (χ2v) is 6.74. The summed E-state index contributed by atoms with van der Waals surface area (Å²) in [5.41, 5.74) is 1.33. The Morgan fingerprint density at radius 1 is 1.32 bits per heavy atom. The van der Waals surface area contributed by atoms with Gasteiger partial charge in [0.15, 0.2) is 6.61 Å². The SMILES string of the molecule is O=C(CC1CC2CCC1C2)Nc1ccc2c(c1)NC(=O)CO2. The number of anilines is 2. The van der Waals surface area contributed by atoms with Crippen molar-refractivity contribution in [3.05, 3.63) is 18.2 Å². The zero-order valence-corrected chi connectivity index (χ0v) is 12.4. The Kier molecular flexibility index (Phi) is 3.28. The normalized spacial score (nSPS) is 28.7. The minimum atomic E-state index is -0.169. The number of carbonyl (C=O) groups excluding carboxylic acids is 2. The van der Waals surface area contributed by atoms with Gasteiger partial charge in [0.1, 0.15) is 5.75 Å². The predicted octanol–water partition coefficient (Wildman–Crippen LogP) is 2.78. The first-order chi connectivity index (χ1) is 10.7. The van der Waals surface area contributed by atoms with Crippen molar-refractivity contribution >= 4 is 23.2 Å². The number of nitrogens with one attached hydrogen (secondary N) is 2. The van der Waals surface area contributed by atoms with Crippen LogP contribution in [-0.2, 0) is 9.59 Å². The molecule has 4 rings (SSSR count). The lowest BCUT2D eigenvalue weighted by Crippen LogP contribution is -2.25. The van der Waals surface area contributed by atoms with E-state index in [1.165, 1.54) is 25.7 Å². The number of rotatable bonds is 3. The summed E-state index contributed by atoms with van der Waals surface area (Å²) in [5.74, 6) is 2.72. The standard InChI is InChI=1S/C17H20N2O3/c20-16(7-12-6-10-1-2-11(12)5-10)18-13-3-4-15-14(8-13)19-17(21)9-22-15/h3-4,8,10-12H,1-2,5-7,9H2,(H,18,20)(H,19,21). The molecule has 0 saturated heterocycles. The minimum Gasteiger partial charge on any atom is -0.482 e. The lowest BCUT2D eigenvalue weighted by Gasteiger charge is -2.21. The van der Waals surface area contributed by atoms with Crippen molar-refractivity contribution in [1.82, 2.24) is 0 Å². The number of ether oxygens (including phenoxy) is 1. The Labute approximate surface area is 129 Å². The molecule has 1 aromatic carbocycles. The zero-order chi connectivity index (χ0) is 15.1. The smallest absolute Gasteiger partial charge is 0.262 e. The van der Waals surface area contributed by atoms with Gasteiger partial charge in [-0.25, -0.2) is 0 Å². The maximum atomic E-state index is 12.2. The molecule has 3 aliphatic rings. The highest BCUT2D eigenvalue weighted by Crippen LogP contribution is 2.49. The highest BCUT2D eigenvalue weighted by atomic mass is 16.5. The molecule has 3 unspecified atom stereocenters. The van der Waals surface area contributed by atoms with Crippen molar-refractivity contribution in [3.8, 4) is 5.75 Å². The first kappa shape index (κ1) is 13.6. The number of benzene rings is 1. The van der Waals surface area contributed by atoms with Gasteiger partial charge in [-0.2, -0.15) is 0 Å². The van der Waals surface area contributed by atoms with Crippen LogP contribution in [0.1, 0.15) is 32.1 Å². The van der Waals surface area contributed by atoms with Gasteiger partial charge in [0.2, 0.25) is 5.91 Å². The molecule has 2 fully saturated rings. The van der Waals surface area contributed by atoms with Crippen LogP contribution in [-0.4, -0.2) is 18.4 Å². The molecule has 1 heterocycles. The topological polar surface area (TPSA) is 67.4 Å². The molecule has 0 spiro atoms. The molecular weight excluding hydrogens is 280 g/mol. The average Bonchev–Trinajstić information content (AvgIpc) is 3.09. The molecule has 5 nitrogen and oxygen atoms in total. The zero-order valence-electron chi connectivity index (χ0n) is 12.4. The lowest BCUT2D eigenvalue weighted by molar-refractivity contribution is -0.119. The molecule has 22 heavy (non-hydrogen) atoms. The van der Waals surface area contributed by atoms with Gasteiger partial charge in [-0.1, -0.05) is 6.42 Å². The number of hydrogen-bond donors (Lipinski definition) is 2. The molecule has 3 atom stereocenters. The van der Waals surface area contributed by atoms with Gasteiger partial charge in [0.05, 0.1) is 5.69 Å². The van der Waals surface area contributed by atoms with Crippen molar-refractivity contribution in [2.45, 2.75) is 32.1 Å². The summed E-state index contributed by atoms with van der Waals surface area (Å²) in [6, 6.07) is 5.35. The van der Waals surface area contributed by atoms with Crippen LogP contribution in [0.25, 0.3) is 0 Å². The summed E-state index contributed by atoms with van der Waals surface area (Å²) in [6.45, 7) is 0.0446. The molecule has 1 aromatic rings.